The zero-order valence-corrected chi connectivity index (χ0v) is 13.5. The highest BCUT2D eigenvalue weighted by Gasteiger charge is 2.15. The molecule has 0 aliphatic rings. The summed E-state index contributed by atoms with van der Waals surface area (Å²) in [5.41, 5.74) is 3.92. The van der Waals surface area contributed by atoms with Crippen LogP contribution in [-0.2, 0) is 0 Å². The van der Waals surface area contributed by atoms with Gasteiger partial charge in [0.1, 0.15) is 5.75 Å². The van der Waals surface area contributed by atoms with Gasteiger partial charge in [-0.25, -0.2) is 0 Å². The van der Waals surface area contributed by atoms with Crippen molar-refractivity contribution in [3.8, 4) is 5.75 Å². The first-order valence-corrected chi connectivity index (χ1v) is 8.17. The molecule has 0 aliphatic heterocycles. The molecule has 0 amide bonds. The molecular formula is C16H19ClN2OS. The van der Waals surface area contributed by atoms with Crippen LogP contribution in [0.5, 0.6) is 5.75 Å². The molecular weight excluding hydrogens is 304 g/mol. The Morgan fingerprint density at radius 2 is 1.90 bits per heavy atom. The molecule has 0 saturated heterocycles. The van der Waals surface area contributed by atoms with Gasteiger partial charge in [-0.2, -0.15) is 0 Å². The third kappa shape index (κ3) is 4.38. The van der Waals surface area contributed by atoms with Crippen LogP contribution in [0, 0.1) is 0 Å². The summed E-state index contributed by atoms with van der Waals surface area (Å²) >= 11 is 7.85. The van der Waals surface area contributed by atoms with Crippen molar-refractivity contribution in [2.75, 3.05) is 12.4 Å². The Hall–Kier alpha value is -1.20. The quantitative estimate of drug-likeness (QED) is 0.459. The second kappa shape index (κ2) is 8.29. The van der Waals surface area contributed by atoms with E-state index in [0.717, 1.165) is 27.0 Å². The number of hydrogen-bond donors (Lipinski definition) is 2. The fourth-order valence-electron chi connectivity index (χ4n) is 2.02. The Bertz CT molecular complexity index is 580. The summed E-state index contributed by atoms with van der Waals surface area (Å²) in [6.07, 6.45) is 0. The van der Waals surface area contributed by atoms with E-state index in [-0.39, 0.29) is 6.04 Å². The molecule has 0 spiro atoms. The monoisotopic (exact) mass is 322 g/mol. The van der Waals surface area contributed by atoms with Crippen molar-refractivity contribution in [3.05, 3.63) is 59.1 Å². The zero-order valence-electron chi connectivity index (χ0n) is 11.9. The number of halogens is 1. The smallest absolute Gasteiger partial charge is 0.124 e. The summed E-state index contributed by atoms with van der Waals surface area (Å²) in [7, 11) is 0. The highest BCUT2D eigenvalue weighted by molar-refractivity contribution is 7.99. The molecule has 0 saturated carbocycles. The molecule has 0 bridgehead atoms. The first-order chi connectivity index (χ1) is 10.3. The Balaban J connectivity index is 2.12. The van der Waals surface area contributed by atoms with E-state index in [2.05, 4.69) is 5.43 Å². The third-order valence-corrected chi connectivity index (χ3v) is 4.65. The minimum atomic E-state index is -0.00553. The number of benzene rings is 2. The molecule has 0 aliphatic carbocycles. The first kappa shape index (κ1) is 16.2. The Morgan fingerprint density at radius 1 is 1.19 bits per heavy atom. The molecule has 112 valence electrons. The van der Waals surface area contributed by atoms with Crippen molar-refractivity contribution in [1.29, 1.82) is 0 Å². The molecule has 2 aromatic carbocycles. The molecule has 1 atom stereocenters. The lowest BCUT2D eigenvalue weighted by Gasteiger charge is -2.19. The Morgan fingerprint density at radius 3 is 2.62 bits per heavy atom. The van der Waals surface area contributed by atoms with Gasteiger partial charge in [-0.1, -0.05) is 41.9 Å². The Kier molecular flexibility index (Phi) is 6.39. The number of hydrogen-bond acceptors (Lipinski definition) is 4. The van der Waals surface area contributed by atoms with Crippen LogP contribution in [0.1, 0.15) is 18.5 Å². The van der Waals surface area contributed by atoms with Crippen LogP contribution in [0.15, 0.2) is 53.4 Å². The van der Waals surface area contributed by atoms with Gasteiger partial charge in [0.05, 0.1) is 17.7 Å². The lowest BCUT2D eigenvalue weighted by molar-refractivity contribution is 0.333. The average molecular weight is 323 g/mol. The van der Waals surface area contributed by atoms with Crippen LogP contribution in [0.25, 0.3) is 0 Å². The minimum absolute atomic E-state index is 0.00553. The second-order valence-electron chi connectivity index (χ2n) is 4.43. The lowest BCUT2D eigenvalue weighted by atomic mass is 10.1. The van der Waals surface area contributed by atoms with Crippen molar-refractivity contribution < 1.29 is 4.74 Å². The number of nitrogens with two attached hydrogens (primary N) is 1. The van der Waals surface area contributed by atoms with E-state index in [1.165, 1.54) is 0 Å². The molecule has 21 heavy (non-hydrogen) atoms. The van der Waals surface area contributed by atoms with Crippen LogP contribution in [0.2, 0.25) is 5.02 Å². The summed E-state index contributed by atoms with van der Waals surface area (Å²) in [5, 5.41) is 0.761. The molecule has 5 heteroatoms. The van der Waals surface area contributed by atoms with Gasteiger partial charge in [0.2, 0.25) is 0 Å². The van der Waals surface area contributed by atoms with E-state index in [1.807, 2.05) is 55.5 Å². The number of para-hydroxylation sites is 1. The second-order valence-corrected chi connectivity index (χ2v) is 5.90. The van der Waals surface area contributed by atoms with Crippen LogP contribution < -0.4 is 16.0 Å². The summed E-state index contributed by atoms with van der Waals surface area (Å²) in [6, 6.07) is 15.7. The van der Waals surface area contributed by atoms with Crippen molar-refractivity contribution in [3.63, 3.8) is 0 Å². The van der Waals surface area contributed by atoms with Crippen LogP contribution in [-0.4, -0.2) is 12.4 Å². The average Bonchev–Trinajstić information content (AvgIpc) is 2.51. The van der Waals surface area contributed by atoms with Crippen LogP contribution in [0.3, 0.4) is 0 Å². The van der Waals surface area contributed by atoms with Gasteiger partial charge in [-0.05, 0) is 25.1 Å². The topological polar surface area (TPSA) is 47.3 Å². The summed E-state index contributed by atoms with van der Waals surface area (Å²) < 4.78 is 5.66. The van der Waals surface area contributed by atoms with Crippen molar-refractivity contribution in [2.45, 2.75) is 17.9 Å². The molecule has 3 nitrogen and oxygen atoms in total. The van der Waals surface area contributed by atoms with E-state index in [1.54, 1.807) is 11.8 Å². The van der Waals surface area contributed by atoms with Gasteiger partial charge >= 0.3 is 0 Å². The van der Waals surface area contributed by atoms with Gasteiger partial charge in [0.25, 0.3) is 0 Å². The fourth-order valence-corrected chi connectivity index (χ4v) is 3.32. The molecule has 1 unspecified atom stereocenters. The van der Waals surface area contributed by atoms with Crippen LogP contribution >= 0.6 is 23.4 Å². The van der Waals surface area contributed by atoms with Crippen molar-refractivity contribution in [2.24, 2.45) is 5.84 Å². The molecule has 0 aromatic heterocycles. The van der Waals surface area contributed by atoms with Gasteiger partial charge in [0.15, 0.2) is 0 Å². The standard InChI is InChI=1S/C16H19ClN2OS/c1-2-20-15-9-5-3-7-12(15)14(19-18)11-21-16-10-6-4-8-13(16)17/h3-10,14,19H,2,11,18H2,1H3. The van der Waals surface area contributed by atoms with Gasteiger partial charge in [0, 0.05) is 16.2 Å². The molecule has 0 heterocycles. The molecule has 0 radical (unpaired) electrons. The molecule has 2 rings (SSSR count). The van der Waals surface area contributed by atoms with Crippen LogP contribution in [0.4, 0.5) is 0 Å². The van der Waals surface area contributed by atoms with Crippen molar-refractivity contribution >= 4 is 23.4 Å². The third-order valence-electron chi connectivity index (χ3n) is 3.04. The summed E-state index contributed by atoms with van der Waals surface area (Å²) in [4.78, 5) is 1.05. The lowest BCUT2D eigenvalue weighted by Crippen LogP contribution is -2.30. The van der Waals surface area contributed by atoms with E-state index in [4.69, 9.17) is 22.2 Å². The maximum atomic E-state index is 6.18. The highest BCUT2D eigenvalue weighted by Crippen LogP contribution is 2.32. The largest absolute Gasteiger partial charge is 0.494 e. The zero-order chi connectivity index (χ0) is 15.1. The number of ether oxygens (including phenoxy) is 1. The normalized spacial score (nSPS) is 12.1. The molecule has 2 aromatic rings. The molecule has 3 N–H and O–H groups in total. The minimum Gasteiger partial charge on any atom is -0.494 e. The fraction of sp³-hybridized carbons (Fsp3) is 0.250. The molecule has 0 fully saturated rings. The number of thioether (sulfide) groups is 1. The maximum absolute atomic E-state index is 6.18. The van der Waals surface area contributed by atoms with Gasteiger partial charge in [-0.15, -0.1) is 11.8 Å². The van der Waals surface area contributed by atoms with E-state index in [0.29, 0.717) is 6.61 Å². The highest BCUT2D eigenvalue weighted by atomic mass is 35.5. The number of rotatable bonds is 7. The number of nitrogens with one attached hydrogen (secondary N) is 1. The van der Waals surface area contributed by atoms with Crippen molar-refractivity contribution in [1.82, 2.24) is 5.43 Å². The van der Waals surface area contributed by atoms with E-state index >= 15 is 0 Å². The Labute approximate surface area is 134 Å². The SMILES string of the molecule is CCOc1ccccc1C(CSc1ccccc1Cl)NN. The maximum Gasteiger partial charge on any atom is 0.124 e. The van der Waals surface area contributed by atoms with Gasteiger partial charge in [-0.3, -0.25) is 11.3 Å². The van der Waals surface area contributed by atoms with Gasteiger partial charge < -0.3 is 4.74 Å². The van der Waals surface area contributed by atoms with E-state index < -0.39 is 0 Å². The van der Waals surface area contributed by atoms with E-state index in [9.17, 15) is 0 Å². The summed E-state index contributed by atoms with van der Waals surface area (Å²) in [6.45, 7) is 2.60. The predicted molar refractivity (Wildman–Crippen MR) is 89.9 cm³/mol. The predicted octanol–water partition coefficient (Wildman–Crippen LogP) is 4.04. The number of hydrazine groups is 1. The summed E-state index contributed by atoms with van der Waals surface area (Å²) in [5.74, 6) is 7.35. The first-order valence-electron chi connectivity index (χ1n) is 6.81.